The van der Waals surface area contributed by atoms with Crippen molar-refractivity contribution in [2.45, 2.75) is 0 Å². The zero-order valence-corrected chi connectivity index (χ0v) is 13.8. The molecule has 0 saturated heterocycles. The van der Waals surface area contributed by atoms with E-state index in [0.29, 0.717) is 4.47 Å². The molecule has 0 aliphatic carbocycles. The SMILES string of the molecule is CN(C)C(=O)CNC(=O)COC(=O)c1cc(Br)ccc1Cl. The molecule has 0 aliphatic heterocycles. The van der Waals surface area contributed by atoms with E-state index in [1.807, 2.05) is 0 Å². The molecular weight excluding hydrogens is 364 g/mol. The first kappa shape index (κ1) is 17.5. The first-order chi connectivity index (χ1) is 9.81. The third-order valence-electron chi connectivity index (χ3n) is 2.42. The summed E-state index contributed by atoms with van der Waals surface area (Å²) in [4.78, 5) is 35.9. The van der Waals surface area contributed by atoms with Crippen LogP contribution in [0.5, 0.6) is 0 Å². The minimum Gasteiger partial charge on any atom is -0.452 e. The Morgan fingerprint density at radius 1 is 1.33 bits per heavy atom. The van der Waals surface area contributed by atoms with Crippen LogP contribution in [0.3, 0.4) is 0 Å². The van der Waals surface area contributed by atoms with Crippen LogP contribution in [0.4, 0.5) is 0 Å². The Morgan fingerprint density at radius 3 is 2.62 bits per heavy atom. The Balaban J connectivity index is 2.48. The number of amides is 2. The van der Waals surface area contributed by atoms with Crippen molar-refractivity contribution in [2.75, 3.05) is 27.2 Å². The average molecular weight is 378 g/mol. The van der Waals surface area contributed by atoms with Gasteiger partial charge in [-0.2, -0.15) is 0 Å². The Kier molecular flexibility index (Phi) is 6.64. The molecule has 0 spiro atoms. The maximum atomic E-state index is 11.8. The minimum absolute atomic E-state index is 0.152. The second kappa shape index (κ2) is 7.99. The average Bonchev–Trinajstić information content (AvgIpc) is 2.44. The van der Waals surface area contributed by atoms with Gasteiger partial charge in [-0.25, -0.2) is 4.79 Å². The molecule has 0 aliphatic rings. The topological polar surface area (TPSA) is 75.7 Å². The highest BCUT2D eigenvalue weighted by molar-refractivity contribution is 9.10. The van der Waals surface area contributed by atoms with Gasteiger partial charge in [0.2, 0.25) is 5.91 Å². The van der Waals surface area contributed by atoms with Crippen molar-refractivity contribution in [1.29, 1.82) is 0 Å². The highest BCUT2D eigenvalue weighted by atomic mass is 79.9. The number of benzene rings is 1. The van der Waals surface area contributed by atoms with E-state index >= 15 is 0 Å². The molecule has 1 aromatic rings. The summed E-state index contributed by atoms with van der Waals surface area (Å²) in [5.74, 6) is -1.54. The van der Waals surface area contributed by atoms with Crippen LogP contribution in [0.15, 0.2) is 22.7 Å². The predicted molar refractivity (Wildman–Crippen MR) is 81.1 cm³/mol. The fraction of sp³-hybridized carbons (Fsp3) is 0.308. The van der Waals surface area contributed by atoms with E-state index in [9.17, 15) is 14.4 Å². The number of ether oxygens (including phenoxy) is 1. The van der Waals surface area contributed by atoms with Gasteiger partial charge in [0, 0.05) is 18.6 Å². The van der Waals surface area contributed by atoms with Gasteiger partial charge in [-0.1, -0.05) is 27.5 Å². The number of hydrogen-bond donors (Lipinski definition) is 1. The summed E-state index contributed by atoms with van der Waals surface area (Å²) in [5, 5.41) is 2.58. The van der Waals surface area contributed by atoms with Gasteiger partial charge in [-0.3, -0.25) is 9.59 Å². The fourth-order valence-corrected chi connectivity index (χ4v) is 1.80. The molecule has 0 atom stereocenters. The summed E-state index contributed by atoms with van der Waals surface area (Å²) in [6.07, 6.45) is 0. The van der Waals surface area contributed by atoms with Crippen LogP contribution in [-0.2, 0) is 14.3 Å². The zero-order valence-electron chi connectivity index (χ0n) is 11.5. The van der Waals surface area contributed by atoms with E-state index in [1.165, 1.54) is 17.0 Å². The van der Waals surface area contributed by atoms with Crippen molar-refractivity contribution >= 4 is 45.3 Å². The van der Waals surface area contributed by atoms with Gasteiger partial charge in [0.25, 0.3) is 5.91 Å². The van der Waals surface area contributed by atoms with E-state index in [4.69, 9.17) is 16.3 Å². The monoisotopic (exact) mass is 376 g/mol. The van der Waals surface area contributed by atoms with Crippen molar-refractivity contribution in [3.05, 3.63) is 33.3 Å². The quantitative estimate of drug-likeness (QED) is 0.788. The number of nitrogens with one attached hydrogen (secondary N) is 1. The van der Waals surface area contributed by atoms with Crippen LogP contribution in [-0.4, -0.2) is 49.9 Å². The standard InChI is InChI=1S/C13H14BrClN2O4/c1-17(2)12(19)6-16-11(18)7-21-13(20)9-5-8(14)3-4-10(9)15/h3-5H,6-7H2,1-2H3,(H,16,18). The van der Waals surface area contributed by atoms with Crippen molar-refractivity contribution < 1.29 is 19.1 Å². The molecule has 0 fully saturated rings. The Bertz CT molecular complexity index is 563. The number of likely N-dealkylation sites (N-methyl/N-ethyl adjacent to an activating group) is 1. The third-order valence-corrected chi connectivity index (χ3v) is 3.24. The lowest BCUT2D eigenvalue weighted by Crippen LogP contribution is -2.38. The molecule has 0 aromatic heterocycles. The van der Waals surface area contributed by atoms with Gasteiger partial charge in [-0.15, -0.1) is 0 Å². The summed E-state index contributed by atoms with van der Waals surface area (Å²) in [6.45, 7) is -0.636. The number of carbonyl (C=O) groups excluding carboxylic acids is 3. The molecule has 6 nitrogen and oxygen atoms in total. The largest absolute Gasteiger partial charge is 0.452 e. The van der Waals surface area contributed by atoms with E-state index in [2.05, 4.69) is 21.2 Å². The number of nitrogens with zero attached hydrogens (tertiary/aromatic N) is 1. The summed E-state index contributed by atoms with van der Waals surface area (Å²) >= 11 is 9.08. The third kappa shape index (κ3) is 5.73. The maximum absolute atomic E-state index is 11.8. The molecular formula is C13H14BrClN2O4. The first-order valence-electron chi connectivity index (χ1n) is 5.90. The van der Waals surface area contributed by atoms with Crippen LogP contribution >= 0.6 is 27.5 Å². The molecule has 0 saturated carbocycles. The van der Waals surface area contributed by atoms with Crippen LogP contribution in [0, 0.1) is 0 Å². The van der Waals surface area contributed by atoms with Crippen molar-refractivity contribution in [2.24, 2.45) is 0 Å². The number of hydrogen-bond acceptors (Lipinski definition) is 4. The molecule has 1 rings (SSSR count). The lowest BCUT2D eigenvalue weighted by molar-refractivity contribution is -0.131. The summed E-state index contributed by atoms with van der Waals surface area (Å²) < 4.78 is 5.50. The van der Waals surface area contributed by atoms with E-state index in [0.717, 1.165) is 0 Å². The van der Waals surface area contributed by atoms with Crippen molar-refractivity contribution in [3.63, 3.8) is 0 Å². The van der Waals surface area contributed by atoms with Crippen LogP contribution in [0.2, 0.25) is 5.02 Å². The molecule has 1 N–H and O–H groups in total. The molecule has 114 valence electrons. The van der Waals surface area contributed by atoms with E-state index in [-0.39, 0.29) is 23.0 Å². The minimum atomic E-state index is -0.713. The maximum Gasteiger partial charge on any atom is 0.340 e. The Labute approximate surface area is 135 Å². The molecule has 2 amide bonds. The first-order valence-corrected chi connectivity index (χ1v) is 7.07. The predicted octanol–water partition coefficient (Wildman–Crippen LogP) is 1.46. The number of halogens is 2. The van der Waals surface area contributed by atoms with Gasteiger partial charge >= 0.3 is 5.97 Å². The Morgan fingerprint density at radius 2 is 2.00 bits per heavy atom. The smallest absolute Gasteiger partial charge is 0.340 e. The molecule has 0 bridgehead atoms. The molecule has 21 heavy (non-hydrogen) atoms. The normalized spacial score (nSPS) is 9.90. The molecule has 8 heteroatoms. The van der Waals surface area contributed by atoms with Crippen LogP contribution < -0.4 is 5.32 Å². The number of esters is 1. The molecule has 1 aromatic carbocycles. The summed E-state index contributed by atoms with van der Waals surface area (Å²) in [5.41, 5.74) is 0.156. The second-order valence-corrected chi connectivity index (χ2v) is 5.59. The molecule has 0 heterocycles. The van der Waals surface area contributed by atoms with Gasteiger partial charge in [0.15, 0.2) is 6.61 Å². The zero-order chi connectivity index (χ0) is 16.0. The summed E-state index contributed by atoms with van der Waals surface area (Å²) in [6, 6.07) is 4.72. The van der Waals surface area contributed by atoms with Gasteiger partial charge in [0.05, 0.1) is 17.1 Å². The van der Waals surface area contributed by atoms with Gasteiger partial charge < -0.3 is 15.0 Å². The number of rotatable bonds is 5. The summed E-state index contributed by atoms with van der Waals surface area (Å²) in [7, 11) is 3.15. The highest BCUT2D eigenvalue weighted by Crippen LogP contribution is 2.21. The lowest BCUT2D eigenvalue weighted by atomic mass is 10.2. The second-order valence-electron chi connectivity index (χ2n) is 4.27. The molecule has 0 radical (unpaired) electrons. The Hall–Kier alpha value is -1.60. The van der Waals surface area contributed by atoms with Crippen molar-refractivity contribution in [3.8, 4) is 0 Å². The van der Waals surface area contributed by atoms with Gasteiger partial charge in [0.1, 0.15) is 0 Å². The van der Waals surface area contributed by atoms with Crippen molar-refractivity contribution in [1.82, 2.24) is 10.2 Å². The van der Waals surface area contributed by atoms with Crippen LogP contribution in [0.1, 0.15) is 10.4 Å². The molecule has 0 unspecified atom stereocenters. The fourth-order valence-electron chi connectivity index (χ4n) is 1.25. The van der Waals surface area contributed by atoms with Gasteiger partial charge in [-0.05, 0) is 18.2 Å². The van der Waals surface area contributed by atoms with E-state index < -0.39 is 18.5 Å². The van der Waals surface area contributed by atoms with E-state index in [1.54, 1.807) is 20.2 Å². The highest BCUT2D eigenvalue weighted by Gasteiger charge is 2.14. The van der Waals surface area contributed by atoms with Crippen LogP contribution in [0.25, 0.3) is 0 Å². The number of carbonyl (C=O) groups is 3. The lowest BCUT2D eigenvalue weighted by Gasteiger charge is -2.11.